The fraction of sp³-hybridized carbons (Fsp3) is 0.167. The van der Waals surface area contributed by atoms with E-state index in [2.05, 4.69) is 9.97 Å². The molecule has 0 aliphatic carbocycles. The Morgan fingerprint density at radius 3 is 2.56 bits per heavy atom. The van der Waals surface area contributed by atoms with Crippen molar-refractivity contribution in [1.82, 2.24) is 9.97 Å². The molecule has 1 aliphatic heterocycles. The van der Waals surface area contributed by atoms with Crippen molar-refractivity contribution in [2.75, 3.05) is 23.5 Å². The molecule has 1 aliphatic rings. The molecule has 4 nitrogen and oxygen atoms in total. The highest BCUT2D eigenvalue weighted by atomic mass is 19.1. The lowest BCUT2D eigenvalue weighted by atomic mass is 10.2. The van der Waals surface area contributed by atoms with Crippen molar-refractivity contribution in [3.8, 4) is 0 Å². The van der Waals surface area contributed by atoms with Crippen molar-refractivity contribution in [3.63, 3.8) is 0 Å². The van der Waals surface area contributed by atoms with E-state index in [-0.39, 0.29) is 0 Å². The molecule has 0 saturated heterocycles. The van der Waals surface area contributed by atoms with Gasteiger partial charge in [-0.3, -0.25) is 0 Å². The Hall–Kier alpha value is -2.24. The molecule has 1 aromatic carbocycles. The first-order valence-corrected chi connectivity index (χ1v) is 5.41. The fourth-order valence-electron chi connectivity index (χ4n) is 2.02. The van der Waals surface area contributed by atoms with Gasteiger partial charge in [-0.1, -0.05) is 0 Å². The Balaban J connectivity index is 2.09. The zero-order chi connectivity index (χ0) is 12.7. The molecule has 0 saturated carbocycles. The first-order valence-electron chi connectivity index (χ1n) is 5.41. The predicted octanol–water partition coefficient (Wildman–Crippen LogP) is 2.30. The van der Waals surface area contributed by atoms with E-state index in [4.69, 9.17) is 0 Å². The van der Waals surface area contributed by atoms with Gasteiger partial charge in [-0.15, -0.1) is 0 Å². The standard InChI is InChI=1S/C12H10F2N4/c1-17-7-18(12-11(17)15-4-5-16-12)10-3-2-8(13)6-9(10)14/h2-6H,7H2,1H3. The van der Waals surface area contributed by atoms with Crippen LogP contribution in [0, 0.1) is 11.6 Å². The first-order chi connectivity index (χ1) is 8.66. The van der Waals surface area contributed by atoms with E-state index in [1.807, 2.05) is 11.9 Å². The molecular weight excluding hydrogens is 238 g/mol. The second-order valence-electron chi connectivity index (χ2n) is 4.07. The molecule has 2 heterocycles. The smallest absolute Gasteiger partial charge is 0.178 e. The summed E-state index contributed by atoms with van der Waals surface area (Å²) in [6.45, 7) is 0.432. The summed E-state index contributed by atoms with van der Waals surface area (Å²) >= 11 is 0. The van der Waals surface area contributed by atoms with Gasteiger partial charge < -0.3 is 9.80 Å². The molecule has 0 amide bonds. The van der Waals surface area contributed by atoms with Crippen molar-refractivity contribution >= 4 is 17.3 Å². The Morgan fingerprint density at radius 2 is 1.83 bits per heavy atom. The van der Waals surface area contributed by atoms with Crippen LogP contribution in [0.3, 0.4) is 0 Å². The molecule has 2 aromatic rings. The summed E-state index contributed by atoms with van der Waals surface area (Å²) in [5.41, 5.74) is 0.294. The normalized spacial score (nSPS) is 13.9. The molecule has 18 heavy (non-hydrogen) atoms. The monoisotopic (exact) mass is 248 g/mol. The maximum atomic E-state index is 13.8. The molecule has 0 spiro atoms. The van der Waals surface area contributed by atoms with Crippen LogP contribution in [0.15, 0.2) is 30.6 Å². The van der Waals surface area contributed by atoms with Gasteiger partial charge in [-0.25, -0.2) is 18.7 Å². The number of hydrogen-bond acceptors (Lipinski definition) is 4. The van der Waals surface area contributed by atoms with Gasteiger partial charge >= 0.3 is 0 Å². The van der Waals surface area contributed by atoms with Crippen molar-refractivity contribution in [2.45, 2.75) is 0 Å². The topological polar surface area (TPSA) is 32.3 Å². The lowest BCUT2D eigenvalue weighted by Gasteiger charge is -2.18. The zero-order valence-electron chi connectivity index (χ0n) is 9.64. The summed E-state index contributed by atoms with van der Waals surface area (Å²) < 4.78 is 26.7. The molecular formula is C12H10F2N4. The average Bonchev–Trinajstić information content (AvgIpc) is 2.68. The van der Waals surface area contributed by atoms with E-state index < -0.39 is 11.6 Å². The molecule has 6 heteroatoms. The third-order valence-electron chi connectivity index (χ3n) is 2.83. The highest BCUT2D eigenvalue weighted by Gasteiger charge is 2.28. The van der Waals surface area contributed by atoms with E-state index in [1.165, 1.54) is 12.1 Å². The van der Waals surface area contributed by atoms with E-state index in [9.17, 15) is 8.78 Å². The van der Waals surface area contributed by atoms with Crippen LogP contribution in [0.4, 0.5) is 26.1 Å². The quantitative estimate of drug-likeness (QED) is 0.775. The summed E-state index contributed by atoms with van der Waals surface area (Å²) in [5, 5.41) is 0. The fourth-order valence-corrected chi connectivity index (χ4v) is 2.02. The summed E-state index contributed by atoms with van der Waals surface area (Å²) in [4.78, 5) is 11.9. The van der Waals surface area contributed by atoms with Crippen LogP contribution in [0.1, 0.15) is 0 Å². The molecule has 0 N–H and O–H groups in total. The zero-order valence-corrected chi connectivity index (χ0v) is 9.64. The van der Waals surface area contributed by atoms with Crippen LogP contribution in [0.2, 0.25) is 0 Å². The minimum atomic E-state index is -0.609. The van der Waals surface area contributed by atoms with Gasteiger partial charge in [0.1, 0.15) is 11.6 Å². The summed E-state index contributed by atoms with van der Waals surface area (Å²) in [6, 6.07) is 3.50. The molecule has 92 valence electrons. The Kier molecular flexibility index (Phi) is 2.36. The number of anilines is 3. The van der Waals surface area contributed by atoms with E-state index in [0.29, 0.717) is 24.0 Å². The van der Waals surface area contributed by atoms with Gasteiger partial charge in [0.2, 0.25) is 0 Å². The Morgan fingerprint density at radius 1 is 1.11 bits per heavy atom. The molecule has 0 unspecified atom stereocenters. The van der Waals surface area contributed by atoms with E-state index in [0.717, 1.165) is 6.07 Å². The molecule has 1 aromatic heterocycles. The highest BCUT2D eigenvalue weighted by Crippen LogP contribution is 2.37. The molecule has 0 fully saturated rings. The minimum absolute atomic E-state index is 0.294. The SMILES string of the molecule is CN1CN(c2ccc(F)cc2F)c2nccnc21. The predicted molar refractivity (Wildman–Crippen MR) is 63.8 cm³/mol. The maximum absolute atomic E-state index is 13.8. The first kappa shape index (κ1) is 10.9. The summed E-state index contributed by atoms with van der Waals surface area (Å²) in [6.07, 6.45) is 3.13. The third-order valence-corrected chi connectivity index (χ3v) is 2.83. The average molecular weight is 248 g/mol. The van der Waals surface area contributed by atoms with Crippen LogP contribution in [0.5, 0.6) is 0 Å². The summed E-state index contributed by atoms with van der Waals surface area (Å²) in [5.74, 6) is 0.0526. The van der Waals surface area contributed by atoms with Crippen molar-refractivity contribution in [1.29, 1.82) is 0 Å². The van der Waals surface area contributed by atoms with Gasteiger partial charge in [0.05, 0.1) is 12.4 Å². The van der Waals surface area contributed by atoms with Crippen molar-refractivity contribution in [2.24, 2.45) is 0 Å². The molecule has 3 rings (SSSR count). The van der Waals surface area contributed by atoms with Crippen molar-refractivity contribution < 1.29 is 8.78 Å². The number of aromatic nitrogens is 2. The van der Waals surface area contributed by atoms with Crippen LogP contribution >= 0.6 is 0 Å². The maximum Gasteiger partial charge on any atom is 0.178 e. The minimum Gasteiger partial charge on any atom is -0.338 e. The van der Waals surface area contributed by atoms with E-state index >= 15 is 0 Å². The largest absolute Gasteiger partial charge is 0.338 e. The lowest BCUT2D eigenvalue weighted by Crippen LogP contribution is -2.25. The molecule has 0 bridgehead atoms. The molecule has 0 radical (unpaired) electrons. The van der Waals surface area contributed by atoms with Gasteiger partial charge in [0, 0.05) is 25.5 Å². The van der Waals surface area contributed by atoms with Crippen LogP contribution in [0.25, 0.3) is 0 Å². The second-order valence-corrected chi connectivity index (χ2v) is 4.07. The Labute approximate surface area is 103 Å². The van der Waals surface area contributed by atoms with Gasteiger partial charge in [-0.05, 0) is 12.1 Å². The lowest BCUT2D eigenvalue weighted by molar-refractivity contribution is 0.582. The number of rotatable bonds is 1. The van der Waals surface area contributed by atoms with E-state index in [1.54, 1.807) is 17.3 Å². The molecule has 0 atom stereocenters. The number of benzene rings is 1. The van der Waals surface area contributed by atoms with Crippen LogP contribution < -0.4 is 9.80 Å². The van der Waals surface area contributed by atoms with Crippen molar-refractivity contribution in [3.05, 3.63) is 42.2 Å². The summed E-state index contributed by atoms with van der Waals surface area (Å²) in [7, 11) is 1.84. The Bertz CT molecular complexity index is 602. The van der Waals surface area contributed by atoms with Crippen LogP contribution in [-0.4, -0.2) is 23.7 Å². The number of halogens is 2. The number of hydrogen-bond donors (Lipinski definition) is 0. The van der Waals surface area contributed by atoms with Gasteiger partial charge in [0.15, 0.2) is 11.6 Å². The number of fused-ring (bicyclic) bond motifs is 1. The van der Waals surface area contributed by atoms with Gasteiger partial charge in [0.25, 0.3) is 0 Å². The van der Waals surface area contributed by atoms with Crippen LogP contribution in [-0.2, 0) is 0 Å². The highest BCUT2D eigenvalue weighted by molar-refractivity contribution is 5.76. The second kappa shape index (κ2) is 3.90. The van der Waals surface area contributed by atoms with Gasteiger partial charge in [-0.2, -0.15) is 0 Å². The number of nitrogens with zero attached hydrogens (tertiary/aromatic N) is 4. The third kappa shape index (κ3) is 1.57.